The highest BCUT2D eigenvalue weighted by Gasteiger charge is 2.16. The predicted molar refractivity (Wildman–Crippen MR) is 99.4 cm³/mol. The van der Waals surface area contributed by atoms with Gasteiger partial charge in [0.05, 0.1) is 24.6 Å². The number of sulfonamides is 1. The zero-order chi connectivity index (χ0) is 17.6. The van der Waals surface area contributed by atoms with Crippen LogP contribution in [0, 0.1) is 5.92 Å². The normalized spacial score (nSPS) is 12.2. The standard InChI is InChI=1S/C15H25N3O4S.ClH/c1-5-23(20,21)18-13-7-6-11(9-14(13)22-4)17-15(19)12(16)8-10(2)3;/h6-7,9-10,12,18H,5,8,16H2,1-4H3,(H,17,19);1H/t12-;/m0./s1. The highest BCUT2D eigenvalue weighted by Crippen LogP contribution is 2.29. The molecule has 0 saturated heterocycles. The molecule has 0 heterocycles. The second-order valence-electron chi connectivity index (χ2n) is 5.65. The monoisotopic (exact) mass is 379 g/mol. The first-order valence-corrected chi connectivity index (χ1v) is 9.08. The van der Waals surface area contributed by atoms with Crippen LogP contribution < -0.4 is 20.5 Å². The molecule has 1 aromatic rings. The van der Waals surface area contributed by atoms with Gasteiger partial charge in [0.15, 0.2) is 0 Å². The molecule has 0 bridgehead atoms. The summed E-state index contributed by atoms with van der Waals surface area (Å²) in [6, 6.07) is 4.08. The molecule has 0 radical (unpaired) electrons. The van der Waals surface area contributed by atoms with E-state index < -0.39 is 16.1 Å². The van der Waals surface area contributed by atoms with Crippen molar-refractivity contribution < 1.29 is 17.9 Å². The van der Waals surface area contributed by atoms with Crippen molar-refractivity contribution in [3.63, 3.8) is 0 Å². The minimum atomic E-state index is -3.41. The Morgan fingerprint density at radius 1 is 1.33 bits per heavy atom. The largest absolute Gasteiger partial charge is 0.494 e. The zero-order valence-electron chi connectivity index (χ0n) is 14.3. The number of benzene rings is 1. The predicted octanol–water partition coefficient (Wildman–Crippen LogP) is 2.19. The molecule has 7 nitrogen and oxygen atoms in total. The molecule has 1 amide bonds. The molecule has 0 fully saturated rings. The van der Waals surface area contributed by atoms with E-state index in [0.717, 1.165) is 0 Å². The van der Waals surface area contributed by atoms with Gasteiger partial charge in [0.1, 0.15) is 5.75 Å². The SMILES string of the molecule is CCS(=O)(=O)Nc1ccc(NC(=O)[C@@H](N)CC(C)C)cc1OC.Cl. The Balaban J connectivity index is 0.00000529. The van der Waals surface area contributed by atoms with E-state index >= 15 is 0 Å². The maximum absolute atomic E-state index is 12.0. The fourth-order valence-corrected chi connectivity index (χ4v) is 2.59. The van der Waals surface area contributed by atoms with Gasteiger partial charge in [-0.05, 0) is 31.4 Å². The Morgan fingerprint density at radius 3 is 2.46 bits per heavy atom. The van der Waals surface area contributed by atoms with E-state index in [1.165, 1.54) is 13.2 Å². The van der Waals surface area contributed by atoms with Gasteiger partial charge in [-0.1, -0.05) is 13.8 Å². The number of carbonyl (C=O) groups is 1. The van der Waals surface area contributed by atoms with Crippen LogP contribution in [0.4, 0.5) is 11.4 Å². The van der Waals surface area contributed by atoms with Crippen molar-refractivity contribution in [2.45, 2.75) is 33.2 Å². The van der Waals surface area contributed by atoms with Crippen molar-refractivity contribution in [1.29, 1.82) is 0 Å². The molecule has 1 atom stereocenters. The van der Waals surface area contributed by atoms with Gasteiger partial charge in [-0.3, -0.25) is 9.52 Å². The lowest BCUT2D eigenvalue weighted by Gasteiger charge is -2.16. The van der Waals surface area contributed by atoms with Crippen LogP contribution in [-0.4, -0.2) is 33.2 Å². The highest BCUT2D eigenvalue weighted by atomic mass is 35.5. The number of halogens is 1. The summed E-state index contributed by atoms with van der Waals surface area (Å²) in [5.74, 6) is 0.301. The van der Waals surface area contributed by atoms with Crippen molar-refractivity contribution in [1.82, 2.24) is 0 Å². The number of methoxy groups -OCH3 is 1. The van der Waals surface area contributed by atoms with Crippen LogP contribution >= 0.6 is 12.4 Å². The minimum Gasteiger partial charge on any atom is -0.494 e. The number of rotatable bonds is 8. The van der Waals surface area contributed by atoms with E-state index in [1.807, 2.05) is 13.8 Å². The molecule has 0 unspecified atom stereocenters. The second-order valence-corrected chi connectivity index (χ2v) is 7.66. The summed E-state index contributed by atoms with van der Waals surface area (Å²) in [4.78, 5) is 12.0. The molecule has 24 heavy (non-hydrogen) atoms. The van der Waals surface area contributed by atoms with Gasteiger partial charge in [-0.2, -0.15) is 0 Å². The van der Waals surface area contributed by atoms with E-state index in [1.54, 1.807) is 19.1 Å². The smallest absolute Gasteiger partial charge is 0.241 e. The molecule has 0 spiro atoms. The first-order valence-electron chi connectivity index (χ1n) is 7.43. The number of nitrogens with one attached hydrogen (secondary N) is 2. The third kappa shape index (κ3) is 6.94. The lowest BCUT2D eigenvalue weighted by atomic mass is 10.0. The van der Waals surface area contributed by atoms with Crippen LogP contribution in [0.15, 0.2) is 18.2 Å². The molecular formula is C15H26ClN3O4S. The number of amides is 1. The first-order chi connectivity index (χ1) is 10.7. The van der Waals surface area contributed by atoms with Crippen LogP contribution in [-0.2, 0) is 14.8 Å². The molecule has 0 aliphatic rings. The Bertz CT molecular complexity index is 650. The van der Waals surface area contributed by atoms with Gasteiger partial charge < -0.3 is 15.8 Å². The second kappa shape index (κ2) is 9.71. The fraction of sp³-hybridized carbons (Fsp3) is 0.533. The summed E-state index contributed by atoms with van der Waals surface area (Å²) in [6.45, 7) is 5.52. The molecule has 4 N–H and O–H groups in total. The van der Waals surface area contributed by atoms with E-state index in [9.17, 15) is 13.2 Å². The molecule has 1 rings (SSSR count). The van der Waals surface area contributed by atoms with Crippen LogP contribution in [0.3, 0.4) is 0 Å². The van der Waals surface area contributed by atoms with Gasteiger partial charge in [0.2, 0.25) is 15.9 Å². The minimum absolute atomic E-state index is 0. The van der Waals surface area contributed by atoms with E-state index in [-0.39, 0.29) is 24.1 Å². The van der Waals surface area contributed by atoms with Crippen molar-refractivity contribution in [3.05, 3.63) is 18.2 Å². The lowest BCUT2D eigenvalue weighted by molar-refractivity contribution is -0.117. The average molecular weight is 380 g/mol. The molecule has 0 saturated carbocycles. The average Bonchev–Trinajstić information content (AvgIpc) is 2.47. The Kier molecular flexibility index (Phi) is 9.09. The van der Waals surface area contributed by atoms with Crippen molar-refractivity contribution in [3.8, 4) is 5.75 Å². The Hall–Kier alpha value is -1.51. The number of nitrogens with two attached hydrogens (primary N) is 1. The molecular weight excluding hydrogens is 354 g/mol. The topological polar surface area (TPSA) is 111 Å². The van der Waals surface area contributed by atoms with E-state index in [2.05, 4.69) is 10.0 Å². The van der Waals surface area contributed by atoms with Crippen molar-refractivity contribution in [2.75, 3.05) is 22.9 Å². The van der Waals surface area contributed by atoms with Crippen LogP contribution in [0.25, 0.3) is 0 Å². The number of hydrogen-bond donors (Lipinski definition) is 3. The Labute approximate surface area is 149 Å². The quantitative estimate of drug-likeness (QED) is 0.641. The molecule has 9 heteroatoms. The number of hydrogen-bond acceptors (Lipinski definition) is 5. The van der Waals surface area contributed by atoms with Crippen molar-refractivity contribution in [2.24, 2.45) is 11.7 Å². The summed E-state index contributed by atoms with van der Waals surface area (Å²) in [5.41, 5.74) is 6.64. The van der Waals surface area contributed by atoms with Crippen molar-refractivity contribution >= 4 is 39.7 Å². The molecule has 138 valence electrons. The van der Waals surface area contributed by atoms with Gasteiger partial charge in [-0.15, -0.1) is 12.4 Å². The third-order valence-electron chi connectivity index (χ3n) is 3.18. The summed E-state index contributed by atoms with van der Waals surface area (Å²) in [5, 5.41) is 2.70. The highest BCUT2D eigenvalue weighted by molar-refractivity contribution is 7.92. The Morgan fingerprint density at radius 2 is 1.96 bits per heavy atom. The summed E-state index contributed by atoms with van der Waals surface area (Å²) in [6.07, 6.45) is 0.581. The lowest BCUT2D eigenvalue weighted by Crippen LogP contribution is -2.36. The van der Waals surface area contributed by atoms with Crippen LogP contribution in [0.2, 0.25) is 0 Å². The molecule has 0 aromatic heterocycles. The first kappa shape index (κ1) is 22.5. The summed E-state index contributed by atoms with van der Waals surface area (Å²) in [7, 11) is -1.98. The maximum Gasteiger partial charge on any atom is 0.241 e. The van der Waals surface area contributed by atoms with Gasteiger partial charge in [0.25, 0.3) is 0 Å². The van der Waals surface area contributed by atoms with Gasteiger partial charge >= 0.3 is 0 Å². The fourth-order valence-electron chi connectivity index (χ4n) is 1.94. The third-order valence-corrected chi connectivity index (χ3v) is 4.47. The van der Waals surface area contributed by atoms with E-state index in [0.29, 0.717) is 29.5 Å². The molecule has 1 aromatic carbocycles. The van der Waals surface area contributed by atoms with Crippen LogP contribution in [0.1, 0.15) is 27.2 Å². The zero-order valence-corrected chi connectivity index (χ0v) is 16.0. The van der Waals surface area contributed by atoms with E-state index in [4.69, 9.17) is 10.5 Å². The maximum atomic E-state index is 12.0. The van der Waals surface area contributed by atoms with Gasteiger partial charge in [-0.25, -0.2) is 8.42 Å². The summed E-state index contributed by atoms with van der Waals surface area (Å²) >= 11 is 0. The van der Waals surface area contributed by atoms with Crippen LogP contribution in [0.5, 0.6) is 5.75 Å². The summed E-state index contributed by atoms with van der Waals surface area (Å²) < 4.78 is 30.9. The molecule has 0 aliphatic heterocycles. The number of carbonyl (C=O) groups excluding carboxylic acids is 1. The number of anilines is 2. The number of ether oxygens (including phenoxy) is 1. The molecule has 0 aliphatic carbocycles. The van der Waals surface area contributed by atoms with Gasteiger partial charge in [0, 0.05) is 11.8 Å².